The van der Waals surface area contributed by atoms with Crippen molar-refractivity contribution in [2.24, 2.45) is 5.41 Å². The van der Waals surface area contributed by atoms with Crippen LogP contribution in [-0.2, 0) is 34.2 Å². The Morgan fingerprint density at radius 1 is 1.16 bits per heavy atom. The van der Waals surface area contributed by atoms with Crippen molar-refractivity contribution in [2.75, 3.05) is 7.11 Å². The molecule has 1 saturated heterocycles. The Hall–Kier alpha value is -3.20. The summed E-state index contributed by atoms with van der Waals surface area (Å²) < 4.78 is 58.3. The van der Waals surface area contributed by atoms with Crippen LogP contribution in [0.4, 0.5) is 13.2 Å². The van der Waals surface area contributed by atoms with Crippen LogP contribution in [-0.4, -0.2) is 43.2 Å². The molecule has 1 aliphatic carbocycles. The predicted molar refractivity (Wildman–Crippen MR) is 129 cm³/mol. The topological polar surface area (TPSA) is 78.9 Å². The Morgan fingerprint density at radius 2 is 1.84 bits per heavy atom. The number of carbonyl (C=O) groups is 3. The van der Waals surface area contributed by atoms with Crippen molar-refractivity contribution in [1.82, 2.24) is 0 Å². The molecule has 0 unspecified atom stereocenters. The summed E-state index contributed by atoms with van der Waals surface area (Å²) in [6, 6.07) is 6.48. The van der Waals surface area contributed by atoms with Crippen molar-refractivity contribution in [3.63, 3.8) is 0 Å². The fourth-order valence-electron chi connectivity index (χ4n) is 4.77. The summed E-state index contributed by atoms with van der Waals surface area (Å²) in [5.74, 6) is -2.66. The number of hydrogen-bond donors (Lipinski definition) is 0. The molecule has 37 heavy (non-hydrogen) atoms. The molecule has 9 heteroatoms. The van der Waals surface area contributed by atoms with E-state index in [0.717, 1.165) is 42.9 Å². The average Bonchev–Trinajstić information content (AvgIpc) is 3.11. The highest BCUT2D eigenvalue weighted by atomic mass is 19.4. The van der Waals surface area contributed by atoms with Gasteiger partial charge >= 0.3 is 18.1 Å². The van der Waals surface area contributed by atoms with E-state index < -0.39 is 52.7 Å². The molecule has 0 saturated carbocycles. The van der Waals surface area contributed by atoms with Crippen molar-refractivity contribution in [2.45, 2.75) is 70.4 Å². The molecule has 0 aromatic heterocycles. The van der Waals surface area contributed by atoms with Crippen molar-refractivity contribution < 1.29 is 41.8 Å². The number of carbonyl (C=O) groups excluding carboxylic acids is 3. The van der Waals surface area contributed by atoms with E-state index in [1.54, 1.807) is 6.08 Å². The van der Waals surface area contributed by atoms with E-state index >= 15 is 0 Å². The number of rotatable bonds is 8. The second kappa shape index (κ2) is 11.0. The standard InChI is InChI=1S/C28H31F3O6/c1-18(2)9-8-10-19(3)15-23-26(17-24(33)37-23)16-21(13-14-22(26)32)36-25(34)27(35-4,28(29,30)31)20-11-6-5-7-12-20/h5-7,9,11-15,21,23H,8,10,16-17H2,1-4H3/b19-15+/t21-,23-,26+,27+/m1/s1. The SMILES string of the molecule is CO[C@](C(=O)O[C@@H]1C=CC(=O)[C@@]2(CC(=O)O[C@@H]2/C=C(\C)CCC=C(C)C)C1)(c1ccccc1)C(F)(F)F. The first-order valence-electron chi connectivity index (χ1n) is 12.0. The normalized spacial score (nSPS) is 25.5. The molecule has 0 radical (unpaired) electrons. The maximum atomic E-state index is 14.3. The van der Waals surface area contributed by atoms with Gasteiger partial charge < -0.3 is 14.2 Å². The minimum Gasteiger partial charge on any atom is -0.457 e. The number of ether oxygens (including phenoxy) is 3. The third kappa shape index (κ3) is 5.71. The van der Waals surface area contributed by atoms with Crippen molar-refractivity contribution in [3.8, 4) is 0 Å². The Labute approximate surface area is 214 Å². The quantitative estimate of drug-likeness (QED) is 0.332. The molecule has 1 spiro atoms. The molecule has 2 aliphatic rings. The van der Waals surface area contributed by atoms with Gasteiger partial charge in [0, 0.05) is 19.1 Å². The largest absolute Gasteiger partial charge is 0.457 e. The van der Waals surface area contributed by atoms with Gasteiger partial charge in [0.2, 0.25) is 0 Å². The highest BCUT2D eigenvalue weighted by Crippen LogP contribution is 2.47. The summed E-state index contributed by atoms with van der Waals surface area (Å²) in [5.41, 5.74) is -3.12. The number of allylic oxidation sites excluding steroid dienone is 4. The molecule has 1 aliphatic heterocycles. The van der Waals surface area contributed by atoms with Gasteiger partial charge in [-0.1, -0.05) is 47.6 Å². The number of halogens is 3. The number of cyclic esters (lactones) is 1. The van der Waals surface area contributed by atoms with Gasteiger partial charge in [-0.3, -0.25) is 9.59 Å². The van der Waals surface area contributed by atoms with Crippen LogP contribution >= 0.6 is 0 Å². The summed E-state index contributed by atoms with van der Waals surface area (Å²) in [6.07, 6.45) is -0.130. The molecule has 1 fully saturated rings. The zero-order valence-electron chi connectivity index (χ0n) is 21.3. The highest BCUT2D eigenvalue weighted by molar-refractivity contribution is 6.00. The van der Waals surface area contributed by atoms with Crippen LogP contribution in [0.25, 0.3) is 0 Å². The number of ketones is 1. The maximum Gasteiger partial charge on any atom is 0.432 e. The van der Waals surface area contributed by atoms with Crippen LogP contribution in [0.1, 0.15) is 52.0 Å². The molecular weight excluding hydrogens is 489 g/mol. The number of esters is 2. The molecule has 0 N–H and O–H groups in total. The minimum atomic E-state index is -5.13. The van der Waals surface area contributed by atoms with Crippen molar-refractivity contribution in [1.29, 1.82) is 0 Å². The highest BCUT2D eigenvalue weighted by Gasteiger charge is 2.65. The predicted octanol–water partition coefficient (Wildman–Crippen LogP) is 5.53. The fraction of sp³-hybridized carbons (Fsp3) is 0.464. The summed E-state index contributed by atoms with van der Waals surface area (Å²) in [4.78, 5) is 38.4. The van der Waals surface area contributed by atoms with E-state index in [1.807, 2.05) is 20.8 Å². The van der Waals surface area contributed by atoms with Gasteiger partial charge in [-0.2, -0.15) is 13.2 Å². The van der Waals surface area contributed by atoms with Gasteiger partial charge in [0.15, 0.2) is 5.78 Å². The third-order valence-corrected chi connectivity index (χ3v) is 6.74. The maximum absolute atomic E-state index is 14.3. The van der Waals surface area contributed by atoms with E-state index in [1.165, 1.54) is 24.3 Å². The average molecular weight is 521 g/mol. The van der Waals surface area contributed by atoms with E-state index in [9.17, 15) is 27.6 Å². The molecule has 1 aromatic carbocycles. The number of hydrogen-bond acceptors (Lipinski definition) is 6. The molecule has 0 amide bonds. The second-order valence-corrected chi connectivity index (χ2v) is 9.70. The Bertz CT molecular complexity index is 1120. The summed E-state index contributed by atoms with van der Waals surface area (Å²) in [7, 11) is 0.784. The number of benzene rings is 1. The van der Waals surface area contributed by atoms with Crippen LogP contribution in [0.3, 0.4) is 0 Å². The summed E-state index contributed by atoms with van der Waals surface area (Å²) in [5, 5.41) is 0. The lowest BCUT2D eigenvalue weighted by molar-refractivity contribution is -0.278. The molecule has 4 atom stereocenters. The van der Waals surface area contributed by atoms with Crippen LogP contribution in [0, 0.1) is 5.41 Å². The lowest BCUT2D eigenvalue weighted by atomic mass is 9.69. The monoisotopic (exact) mass is 520 g/mol. The zero-order valence-corrected chi connectivity index (χ0v) is 21.3. The first-order valence-corrected chi connectivity index (χ1v) is 12.0. The first-order chi connectivity index (χ1) is 17.4. The van der Waals surface area contributed by atoms with Crippen LogP contribution in [0.5, 0.6) is 0 Å². The van der Waals surface area contributed by atoms with Gasteiger partial charge in [-0.15, -0.1) is 0 Å². The van der Waals surface area contributed by atoms with Gasteiger partial charge in [0.1, 0.15) is 12.2 Å². The zero-order chi connectivity index (χ0) is 27.4. The van der Waals surface area contributed by atoms with Crippen molar-refractivity contribution >= 4 is 17.7 Å². The Morgan fingerprint density at radius 3 is 2.43 bits per heavy atom. The molecular formula is C28H31F3O6. The molecule has 3 rings (SSSR count). The first kappa shape index (κ1) is 28.4. The molecule has 200 valence electrons. The molecule has 1 heterocycles. The van der Waals surface area contributed by atoms with Crippen LogP contribution in [0.2, 0.25) is 0 Å². The van der Waals surface area contributed by atoms with Crippen LogP contribution in [0.15, 0.2) is 65.8 Å². The van der Waals surface area contributed by atoms with E-state index in [2.05, 4.69) is 6.08 Å². The summed E-state index contributed by atoms with van der Waals surface area (Å²) in [6.45, 7) is 5.82. The van der Waals surface area contributed by atoms with Gasteiger partial charge in [0.25, 0.3) is 5.60 Å². The van der Waals surface area contributed by atoms with Crippen molar-refractivity contribution in [3.05, 3.63) is 71.3 Å². The van der Waals surface area contributed by atoms with E-state index in [-0.39, 0.29) is 12.8 Å². The fourth-order valence-corrected chi connectivity index (χ4v) is 4.77. The molecule has 6 nitrogen and oxygen atoms in total. The second-order valence-electron chi connectivity index (χ2n) is 9.70. The lowest BCUT2D eigenvalue weighted by Gasteiger charge is -2.37. The number of methoxy groups -OCH3 is 1. The van der Waals surface area contributed by atoms with Crippen LogP contribution < -0.4 is 0 Å². The third-order valence-electron chi connectivity index (χ3n) is 6.74. The molecule has 0 bridgehead atoms. The number of alkyl halides is 3. The lowest BCUT2D eigenvalue weighted by Crippen LogP contribution is -2.53. The molecule has 1 aromatic rings. The smallest absolute Gasteiger partial charge is 0.432 e. The minimum absolute atomic E-state index is 0.200. The van der Waals surface area contributed by atoms with Gasteiger partial charge in [0.05, 0.1) is 11.8 Å². The van der Waals surface area contributed by atoms with E-state index in [4.69, 9.17) is 14.2 Å². The Balaban J connectivity index is 1.89. The van der Waals surface area contributed by atoms with E-state index in [0.29, 0.717) is 6.42 Å². The van der Waals surface area contributed by atoms with Gasteiger partial charge in [-0.05, 0) is 51.8 Å². The Kier molecular flexibility index (Phi) is 8.47. The van der Waals surface area contributed by atoms with Gasteiger partial charge in [-0.25, -0.2) is 4.79 Å². The summed E-state index contributed by atoms with van der Waals surface area (Å²) >= 11 is 0.